The van der Waals surface area contributed by atoms with Gasteiger partial charge in [-0.1, -0.05) is 35.9 Å². The SMILES string of the molecule is Cc1ccc(N(C(=O)c2cocn2)C(C(=O)NCCc2cccc(F)c2)c2cccnc2)cc1. The Labute approximate surface area is 196 Å². The molecule has 0 saturated carbocycles. The number of oxazole rings is 1. The van der Waals surface area contributed by atoms with E-state index in [1.165, 1.54) is 29.7 Å². The fraction of sp³-hybridized carbons (Fsp3) is 0.154. The lowest BCUT2D eigenvalue weighted by Gasteiger charge is -2.30. The number of nitrogens with zero attached hydrogens (tertiary/aromatic N) is 3. The van der Waals surface area contributed by atoms with Crippen molar-refractivity contribution in [2.45, 2.75) is 19.4 Å². The van der Waals surface area contributed by atoms with Crippen LogP contribution in [0.25, 0.3) is 0 Å². The van der Waals surface area contributed by atoms with Crippen molar-refractivity contribution >= 4 is 17.5 Å². The summed E-state index contributed by atoms with van der Waals surface area (Å²) < 4.78 is 18.5. The minimum Gasteiger partial charge on any atom is -0.451 e. The second-order valence-corrected chi connectivity index (χ2v) is 7.74. The molecule has 34 heavy (non-hydrogen) atoms. The van der Waals surface area contributed by atoms with Crippen LogP contribution in [0.15, 0.2) is 90.1 Å². The van der Waals surface area contributed by atoms with E-state index in [1.807, 2.05) is 19.1 Å². The lowest BCUT2D eigenvalue weighted by molar-refractivity contribution is -0.122. The van der Waals surface area contributed by atoms with Gasteiger partial charge in [0.05, 0.1) is 0 Å². The standard InChI is InChI=1S/C26H23FN4O3/c1-18-7-9-22(10-8-18)31(26(33)23-16-34-17-30-23)24(20-5-3-12-28-15-20)25(32)29-13-11-19-4-2-6-21(27)14-19/h2-10,12,14-17,24H,11,13H2,1H3,(H,29,32). The Hall–Kier alpha value is -4.33. The van der Waals surface area contributed by atoms with Crippen molar-refractivity contribution < 1.29 is 18.4 Å². The van der Waals surface area contributed by atoms with Crippen molar-refractivity contribution in [2.75, 3.05) is 11.4 Å². The van der Waals surface area contributed by atoms with E-state index in [0.717, 1.165) is 11.1 Å². The monoisotopic (exact) mass is 458 g/mol. The van der Waals surface area contributed by atoms with E-state index >= 15 is 0 Å². The van der Waals surface area contributed by atoms with E-state index in [-0.39, 0.29) is 18.1 Å². The van der Waals surface area contributed by atoms with Crippen molar-refractivity contribution in [3.63, 3.8) is 0 Å². The molecule has 2 aromatic heterocycles. The molecule has 0 aliphatic rings. The fourth-order valence-electron chi connectivity index (χ4n) is 3.61. The number of benzene rings is 2. The summed E-state index contributed by atoms with van der Waals surface area (Å²) >= 11 is 0. The topological polar surface area (TPSA) is 88.3 Å². The maximum Gasteiger partial charge on any atom is 0.281 e. The summed E-state index contributed by atoms with van der Waals surface area (Å²) in [6.07, 6.45) is 5.99. The minimum atomic E-state index is -1.02. The minimum absolute atomic E-state index is 0.0713. The number of hydrogen-bond acceptors (Lipinski definition) is 5. The normalized spacial score (nSPS) is 11.6. The highest BCUT2D eigenvalue weighted by Gasteiger charge is 2.34. The van der Waals surface area contributed by atoms with Gasteiger partial charge < -0.3 is 9.73 Å². The molecule has 0 aliphatic carbocycles. The average molecular weight is 458 g/mol. The van der Waals surface area contributed by atoms with Crippen molar-refractivity contribution in [1.82, 2.24) is 15.3 Å². The molecule has 0 aliphatic heterocycles. The Balaban J connectivity index is 1.67. The zero-order valence-electron chi connectivity index (χ0n) is 18.5. The maximum absolute atomic E-state index is 13.5. The molecule has 0 fully saturated rings. The second-order valence-electron chi connectivity index (χ2n) is 7.74. The third-order valence-electron chi connectivity index (χ3n) is 5.29. The predicted molar refractivity (Wildman–Crippen MR) is 125 cm³/mol. The molecule has 1 N–H and O–H groups in total. The van der Waals surface area contributed by atoms with Crippen LogP contribution in [0.4, 0.5) is 10.1 Å². The van der Waals surface area contributed by atoms with E-state index < -0.39 is 17.9 Å². The molecule has 0 spiro atoms. The molecule has 2 amide bonds. The Bertz CT molecular complexity index is 1240. The number of carbonyl (C=O) groups excluding carboxylic acids is 2. The van der Waals surface area contributed by atoms with E-state index in [2.05, 4.69) is 15.3 Å². The van der Waals surface area contributed by atoms with E-state index in [9.17, 15) is 14.0 Å². The summed E-state index contributed by atoms with van der Waals surface area (Å²) in [5.41, 5.74) is 2.89. The Kier molecular flexibility index (Phi) is 7.07. The largest absolute Gasteiger partial charge is 0.451 e. The van der Waals surface area contributed by atoms with Crippen molar-refractivity contribution in [3.05, 3.63) is 114 Å². The number of pyridine rings is 1. The van der Waals surface area contributed by atoms with Gasteiger partial charge in [-0.05, 0) is 49.2 Å². The zero-order valence-corrected chi connectivity index (χ0v) is 18.5. The molecule has 2 heterocycles. The number of anilines is 1. The van der Waals surface area contributed by atoms with Crippen molar-refractivity contribution in [1.29, 1.82) is 0 Å². The Morgan fingerprint density at radius 2 is 1.94 bits per heavy atom. The van der Waals surface area contributed by atoms with Crippen LogP contribution in [0.5, 0.6) is 0 Å². The van der Waals surface area contributed by atoms with E-state index in [1.54, 1.807) is 48.8 Å². The third-order valence-corrected chi connectivity index (χ3v) is 5.29. The van der Waals surface area contributed by atoms with Gasteiger partial charge in [0.1, 0.15) is 18.1 Å². The molecular formula is C26H23FN4O3. The van der Waals surface area contributed by atoms with Crippen LogP contribution in [-0.2, 0) is 11.2 Å². The Morgan fingerprint density at radius 1 is 1.12 bits per heavy atom. The van der Waals surface area contributed by atoms with Crippen LogP contribution in [-0.4, -0.2) is 28.3 Å². The molecule has 4 rings (SSSR count). The quantitative estimate of drug-likeness (QED) is 0.426. The first-order chi connectivity index (χ1) is 16.5. The van der Waals surface area contributed by atoms with Gasteiger partial charge in [-0.25, -0.2) is 9.37 Å². The highest BCUT2D eigenvalue weighted by Crippen LogP contribution is 2.29. The number of amides is 2. The number of aryl methyl sites for hydroxylation is 1. The van der Waals surface area contributed by atoms with Crippen LogP contribution in [0, 0.1) is 12.7 Å². The number of halogens is 1. The third kappa shape index (κ3) is 5.35. The summed E-state index contributed by atoms with van der Waals surface area (Å²) in [5, 5.41) is 2.88. The predicted octanol–water partition coefficient (Wildman–Crippen LogP) is 4.26. The highest BCUT2D eigenvalue weighted by atomic mass is 19.1. The average Bonchev–Trinajstić information content (AvgIpc) is 3.38. The molecular weight excluding hydrogens is 435 g/mol. The van der Waals surface area contributed by atoms with E-state index in [4.69, 9.17) is 4.42 Å². The van der Waals surface area contributed by atoms with Crippen LogP contribution in [0.3, 0.4) is 0 Å². The summed E-state index contributed by atoms with van der Waals surface area (Å²) in [6.45, 7) is 2.20. The van der Waals surface area contributed by atoms with Gasteiger partial charge in [0.15, 0.2) is 12.1 Å². The zero-order chi connectivity index (χ0) is 23.9. The van der Waals surface area contributed by atoms with Gasteiger partial charge in [0.25, 0.3) is 5.91 Å². The first-order valence-corrected chi connectivity index (χ1v) is 10.7. The molecule has 172 valence electrons. The van der Waals surface area contributed by atoms with E-state index in [0.29, 0.717) is 17.7 Å². The fourth-order valence-corrected chi connectivity index (χ4v) is 3.61. The lowest BCUT2D eigenvalue weighted by atomic mass is 10.0. The number of nitrogens with one attached hydrogen (secondary N) is 1. The first kappa shape index (κ1) is 22.8. The number of hydrogen-bond donors (Lipinski definition) is 1. The van der Waals surface area contributed by atoms with Crippen LogP contribution in [0.2, 0.25) is 0 Å². The molecule has 1 unspecified atom stereocenters. The van der Waals surface area contributed by atoms with Gasteiger partial charge in [0, 0.05) is 30.2 Å². The molecule has 1 atom stereocenters. The van der Waals surface area contributed by atoms with Crippen LogP contribution >= 0.6 is 0 Å². The van der Waals surface area contributed by atoms with Gasteiger partial charge in [-0.3, -0.25) is 19.5 Å². The van der Waals surface area contributed by atoms with Gasteiger partial charge in [-0.15, -0.1) is 0 Å². The lowest BCUT2D eigenvalue weighted by Crippen LogP contribution is -2.44. The molecule has 4 aromatic rings. The summed E-state index contributed by atoms with van der Waals surface area (Å²) in [6, 6.07) is 15.9. The van der Waals surface area contributed by atoms with Gasteiger partial charge in [0.2, 0.25) is 5.91 Å². The molecule has 0 radical (unpaired) electrons. The second kappa shape index (κ2) is 10.5. The first-order valence-electron chi connectivity index (χ1n) is 10.7. The number of carbonyl (C=O) groups is 2. The molecule has 7 nitrogen and oxygen atoms in total. The molecule has 0 bridgehead atoms. The smallest absolute Gasteiger partial charge is 0.281 e. The van der Waals surface area contributed by atoms with Crippen molar-refractivity contribution in [2.24, 2.45) is 0 Å². The van der Waals surface area contributed by atoms with Crippen LogP contribution < -0.4 is 10.2 Å². The summed E-state index contributed by atoms with van der Waals surface area (Å²) in [4.78, 5) is 36.5. The maximum atomic E-state index is 13.5. The van der Waals surface area contributed by atoms with Gasteiger partial charge >= 0.3 is 0 Å². The molecule has 8 heteroatoms. The Morgan fingerprint density at radius 3 is 2.62 bits per heavy atom. The number of aromatic nitrogens is 2. The highest BCUT2D eigenvalue weighted by molar-refractivity contribution is 6.08. The van der Waals surface area contributed by atoms with Crippen LogP contribution in [0.1, 0.15) is 33.2 Å². The summed E-state index contributed by atoms with van der Waals surface area (Å²) in [7, 11) is 0. The van der Waals surface area contributed by atoms with Gasteiger partial charge in [-0.2, -0.15) is 0 Å². The summed E-state index contributed by atoms with van der Waals surface area (Å²) in [5.74, 6) is -1.23. The molecule has 2 aromatic carbocycles. The number of rotatable bonds is 8. The molecule has 0 saturated heterocycles. The van der Waals surface area contributed by atoms with Crippen molar-refractivity contribution in [3.8, 4) is 0 Å².